The van der Waals surface area contributed by atoms with Crippen LogP contribution in [0.1, 0.15) is 18.2 Å². The highest BCUT2D eigenvalue weighted by molar-refractivity contribution is 7.80. The molecule has 0 aliphatic carbocycles. The van der Waals surface area contributed by atoms with Crippen molar-refractivity contribution in [2.45, 2.75) is 20.0 Å². The van der Waals surface area contributed by atoms with Crippen LogP contribution in [-0.2, 0) is 13.1 Å². The summed E-state index contributed by atoms with van der Waals surface area (Å²) < 4.78 is 11.0. The lowest BCUT2D eigenvalue weighted by atomic mass is 10.2. The molecule has 0 atom stereocenters. The largest absolute Gasteiger partial charge is 0.494 e. The van der Waals surface area contributed by atoms with E-state index >= 15 is 0 Å². The van der Waals surface area contributed by atoms with E-state index in [4.69, 9.17) is 33.0 Å². The Morgan fingerprint density at radius 2 is 1.93 bits per heavy atom. The predicted octanol–water partition coefficient (Wildman–Crippen LogP) is 5.73. The number of rotatable bonds is 7. The van der Waals surface area contributed by atoms with Gasteiger partial charge in [0.15, 0.2) is 5.11 Å². The third-order valence-corrected chi connectivity index (χ3v) is 4.49. The van der Waals surface area contributed by atoms with Crippen LogP contribution in [0.25, 0.3) is 0 Å². The van der Waals surface area contributed by atoms with Gasteiger partial charge in [0.2, 0.25) is 0 Å². The van der Waals surface area contributed by atoms with Gasteiger partial charge < -0.3 is 19.4 Å². The highest BCUT2D eigenvalue weighted by Crippen LogP contribution is 2.19. The maximum atomic E-state index is 6.12. The Kier molecular flexibility index (Phi) is 6.74. The van der Waals surface area contributed by atoms with Crippen LogP contribution in [0.15, 0.2) is 71.3 Å². The van der Waals surface area contributed by atoms with Crippen molar-refractivity contribution in [1.29, 1.82) is 0 Å². The van der Waals surface area contributed by atoms with Gasteiger partial charge in [-0.15, -0.1) is 0 Å². The number of benzene rings is 2. The van der Waals surface area contributed by atoms with Crippen LogP contribution in [0.2, 0.25) is 5.02 Å². The number of hydrogen-bond donors (Lipinski definition) is 1. The summed E-state index contributed by atoms with van der Waals surface area (Å²) in [5, 5.41) is 4.60. The monoisotopic (exact) mass is 400 g/mol. The average Bonchev–Trinajstić information content (AvgIpc) is 3.16. The number of hydrogen-bond acceptors (Lipinski definition) is 3. The molecular formula is C21H21ClN2O2S. The minimum atomic E-state index is 0.558. The molecule has 0 unspecified atom stereocenters. The molecule has 0 radical (unpaired) electrons. The molecule has 6 heteroatoms. The fourth-order valence-corrected chi connectivity index (χ4v) is 3.11. The van der Waals surface area contributed by atoms with Gasteiger partial charge in [0, 0.05) is 17.3 Å². The second-order valence-electron chi connectivity index (χ2n) is 5.95. The number of thiocarbonyl (C=S) groups is 1. The molecule has 0 saturated heterocycles. The van der Waals surface area contributed by atoms with E-state index < -0.39 is 0 Å². The van der Waals surface area contributed by atoms with Gasteiger partial charge in [-0.1, -0.05) is 23.7 Å². The summed E-state index contributed by atoms with van der Waals surface area (Å²) in [4.78, 5) is 2.04. The summed E-state index contributed by atoms with van der Waals surface area (Å²) in [6.45, 7) is 3.78. The van der Waals surface area contributed by atoms with Gasteiger partial charge >= 0.3 is 0 Å². The quantitative estimate of drug-likeness (QED) is 0.512. The zero-order valence-electron chi connectivity index (χ0n) is 15.0. The van der Waals surface area contributed by atoms with Crippen molar-refractivity contribution in [2.75, 3.05) is 11.9 Å². The molecule has 0 amide bonds. The van der Waals surface area contributed by atoms with Crippen LogP contribution in [0, 0.1) is 0 Å². The smallest absolute Gasteiger partial charge is 0.174 e. The van der Waals surface area contributed by atoms with E-state index in [0.717, 1.165) is 22.8 Å². The Balaban J connectivity index is 1.73. The molecule has 0 aliphatic heterocycles. The second kappa shape index (κ2) is 9.44. The Morgan fingerprint density at radius 1 is 1.11 bits per heavy atom. The van der Waals surface area contributed by atoms with E-state index in [-0.39, 0.29) is 0 Å². The van der Waals surface area contributed by atoms with Gasteiger partial charge in [0.05, 0.1) is 19.4 Å². The van der Waals surface area contributed by atoms with Crippen LogP contribution in [0.4, 0.5) is 5.69 Å². The van der Waals surface area contributed by atoms with Gasteiger partial charge in [-0.2, -0.15) is 0 Å². The summed E-state index contributed by atoms with van der Waals surface area (Å²) in [6.07, 6.45) is 1.66. The lowest BCUT2D eigenvalue weighted by molar-refractivity contribution is 0.340. The number of halogens is 1. The molecule has 3 aromatic rings. The van der Waals surface area contributed by atoms with Gasteiger partial charge in [0.25, 0.3) is 0 Å². The molecular weight excluding hydrogens is 380 g/mol. The summed E-state index contributed by atoms with van der Waals surface area (Å²) in [7, 11) is 0. The van der Waals surface area contributed by atoms with Crippen molar-refractivity contribution in [3.8, 4) is 5.75 Å². The van der Waals surface area contributed by atoms with E-state index in [1.165, 1.54) is 0 Å². The maximum Gasteiger partial charge on any atom is 0.174 e. The number of furan rings is 1. The van der Waals surface area contributed by atoms with Gasteiger partial charge in [-0.3, -0.25) is 0 Å². The van der Waals surface area contributed by atoms with Crippen molar-refractivity contribution in [1.82, 2.24) is 4.90 Å². The molecule has 2 aromatic carbocycles. The second-order valence-corrected chi connectivity index (χ2v) is 6.78. The zero-order valence-corrected chi connectivity index (χ0v) is 16.6. The summed E-state index contributed by atoms with van der Waals surface area (Å²) in [5.41, 5.74) is 1.98. The normalized spacial score (nSPS) is 10.4. The van der Waals surface area contributed by atoms with Crippen LogP contribution in [0.3, 0.4) is 0 Å². The highest BCUT2D eigenvalue weighted by Gasteiger charge is 2.13. The third kappa shape index (κ3) is 5.74. The zero-order chi connectivity index (χ0) is 19.1. The fourth-order valence-electron chi connectivity index (χ4n) is 2.65. The third-order valence-electron chi connectivity index (χ3n) is 3.89. The number of nitrogens with zero attached hydrogens (tertiary/aromatic N) is 1. The first-order valence-corrected chi connectivity index (χ1v) is 9.48. The molecule has 3 rings (SSSR count). The molecule has 0 bridgehead atoms. The molecule has 1 N–H and O–H groups in total. The molecule has 27 heavy (non-hydrogen) atoms. The highest BCUT2D eigenvalue weighted by atomic mass is 35.5. The van der Waals surface area contributed by atoms with Crippen LogP contribution < -0.4 is 10.1 Å². The van der Waals surface area contributed by atoms with Crippen LogP contribution in [0.5, 0.6) is 5.75 Å². The summed E-state index contributed by atoms with van der Waals surface area (Å²) in [6, 6.07) is 19.3. The van der Waals surface area contributed by atoms with E-state index in [0.29, 0.717) is 29.8 Å². The van der Waals surface area contributed by atoms with Gasteiger partial charge in [-0.25, -0.2) is 0 Å². The predicted molar refractivity (Wildman–Crippen MR) is 113 cm³/mol. The molecule has 0 aliphatic rings. The number of anilines is 1. The van der Waals surface area contributed by atoms with Gasteiger partial charge in [-0.05, 0) is 73.2 Å². The van der Waals surface area contributed by atoms with E-state index in [9.17, 15) is 0 Å². The van der Waals surface area contributed by atoms with Crippen molar-refractivity contribution >= 4 is 34.6 Å². The Morgan fingerprint density at radius 3 is 2.59 bits per heavy atom. The maximum absolute atomic E-state index is 6.12. The van der Waals surface area contributed by atoms with Crippen molar-refractivity contribution in [3.63, 3.8) is 0 Å². The Bertz CT molecular complexity index is 866. The van der Waals surface area contributed by atoms with E-state index in [1.54, 1.807) is 6.26 Å². The number of ether oxygens (including phenoxy) is 1. The average molecular weight is 401 g/mol. The first-order valence-electron chi connectivity index (χ1n) is 8.69. The standard InChI is InChI=1S/C21H21ClN2O2S/c1-2-25-19-10-8-18(9-11-19)23-21(27)24(15-20-7-4-12-26-20)14-16-5-3-6-17(22)13-16/h3-13H,2,14-15H2,1H3,(H,23,27). The van der Waals surface area contributed by atoms with Crippen LogP contribution >= 0.6 is 23.8 Å². The molecule has 0 spiro atoms. The Hall–Kier alpha value is -2.50. The molecule has 0 fully saturated rings. The molecule has 1 heterocycles. The molecule has 4 nitrogen and oxygen atoms in total. The van der Waals surface area contributed by atoms with Crippen molar-refractivity contribution in [2.24, 2.45) is 0 Å². The van der Waals surface area contributed by atoms with E-state index in [1.807, 2.05) is 72.5 Å². The SMILES string of the molecule is CCOc1ccc(NC(=S)N(Cc2cccc(Cl)c2)Cc2ccco2)cc1. The van der Waals surface area contributed by atoms with Crippen LogP contribution in [-0.4, -0.2) is 16.6 Å². The number of nitrogens with one attached hydrogen (secondary N) is 1. The minimum absolute atomic E-state index is 0.558. The first kappa shape index (κ1) is 19.3. The Labute approximate surface area is 169 Å². The minimum Gasteiger partial charge on any atom is -0.494 e. The van der Waals surface area contributed by atoms with Crippen molar-refractivity contribution in [3.05, 3.63) is 83.3 Å². The van der Waals surface area contributed by atoms with E-state index in [2.05, 4.69) is 5.32 Å². The van der Waals surface area contributed by atoms with Gasteiger partial charge in [0.1, 0.15) is 11.5 Å². The summed E-state index contributed by atoms with van der Waals surface area (Å²) >= 11 is 11.8. The fraction of sp³-hybridized carbons (Fsp3) is 0.190. The first-order chi connectivity index (χ1) is 13.1. The molecule has 1 aromatic heterocycles. The molecule has 0 saturated carbocycles. The molecule has 140 valence electrons. The van der Waals surface area contributed by atoms with Crippen molar-refractivity contribution < 1.29 is 9.15 Å². The lowest BCUT2D eigenvalue weighted by Gasteiger charge is -2.25. The summed E-state index contributed by atoms with van der Waals surface area (Å²) in [5.74, 6) is 1.67. The topological polar surface area (TPSA) is 37.6 Å². The lowest BCUT2D eigenvalue weighted by Crippen LogP contribution is -2.33.